The van der Waals surface area contributed by atoms with Crippen molar-refractivity contribution in [3.05, 3.63) is 81.2 Å². The van der Waals surface area contributed by atoms with Crippen LogP contribution < -0.4 is 10.9 Å². The highest BCUT2D eigenvalue weighted by Crippen LogP contribution is 2.22. The Bertz CT molecular complexity index is 881. The molecule has 0 aliphatic rings. The van der Waals surface area contributed by atoms with E-state index in [2.05, 4.69) is 37.4 Å². The van der Waals surface area contributed by atoms with Crippen LogP contribution in [0.25, 0.3) is 11.0 Å². The monoisotopic (exact) mass is 307 g/mol. The van der Waals surface area contributed by atoms with Crippen molar-refractivity contribution in [2.75, 3.05) is 0 Å². The molecule has 3 heteroatoms. The average Bonchev–Trinajstić information content (AvgIpc) is 2.55. The zero-order valence-corrected chi connectivity index (χ0v) is 13.7. The summed E-state index contributed by atoms with van der Waals surface area (Å²) < 4.78 is 5.35. The third-order valence-electron chi connectivity index (χ3n) is 4.34. The van der Waals surface area contributed by atoms with Gasteiger partial charge in [-0.2, -0.15) is 0 Å². The highest BCUT2D eigenvalue weighted by atomic mass is 16.4. The Morgan fingerprint density at radius 1 is 1.04 bits per heavy atom. The van der Waals surface area contributed by atoms with Gasteiger partial charge < -0.3 is 9.73 Å². The molecule has 0 aliphatic heterocycles. The number of hydrogen-bond donors (Lipinski definition) is 1. The van der Waals surface area contributed by atoms with Crippen LogP contribution in [0.15, 0.2) is 57.7 Å². The lowest BCUT2D eigenvalue weighted by Crippen LogP contribution is -2.19. The van der Waals surface area contributed by atoms with E-state index in [-0.39, 0.29) is 11.7 Å². The molecule has 3 aromatic rings. The lowest BCUT2D eigenvalue weighted by molar-refractivity contribution is 0.547. The van der Waals surface area contributed by atoms with Crippen molar-refractivity contribution in [3.63, 3.8) is 0 Å². The summed E-state index contributed by atoms with van der Waals surface area (Å²) >= 11 is 0. The number of aryl methyl sites for hydroxylation is 2. The summed E-state index contributed by atoms with van der Waals surface area (Å²) in [6.45, 7) is 6.85. The Hall–Kier alpha value is -2.39. The molecule has 1 heterocycles. The van der Waals surface area contributed by atoms with Gasteiger partial charge >= 0.3 is 5.63 Å². The zero-order valence-electron chi connectivity index (χ0n) is 13.7. The van der Waals surface area contributed by atoms with Crippen LogP contribution in [0.1, 0.15) is 35.2 Å². The molecule has 1 atom stereocenters. The molecular weight excluding hydrogens is 286 g/mol. The normalized spacial score (nSPS) is 12.5. The molecule has 0 saturated carbocycles. The fourth-order valence-electron chi connectivity index (χ4n) is 2.75. The van der Waals surface area contributed by atoms with E-state index in [4.69, 9.17) is 4.42 Å². The zero-order chi connectivity index (χ0) is 16.4. The van der Waals surface area contributed by atoms with E-state index in [1.54, 1.807) is 6.07 Å². The first-order chi connectivity index (χ1) is 11.0. The Morgan fingerprint density at radius 3 is 2.48 bits per heavy atom. The van der Waals surface area contributed by atoms with Gasteiger partial charge in [0.2, 0.25) is 0 Å². The first-order valence-electron chi connectivity index (χ1n) is 7.87. The number of hydrogen-bond acceptors (Lipinski definition) is 3. The SMILES string of the molecule is Cc1cc2oc(=O)cc(CN[C@@H](C)c3ccccc3)c2cc1C. The molecular formula is C20H21NO2. The van der Waals surface area contributed by atoms with Crippen LogP contribution in [0.2, 0.25) is 0 Å². The smallest absolute Gasteiger partial charge is 0.336 e. The molecule has 23 heavy (non-hydrogen) atoms. The van der Waals surface area contributed by atoms with Gasteiger partial charge in [-0.1, -0.05) is 30.3 Å². The van der Waals surface area contributed by atoms with Crippen LogP contribution in [0.5, 0.6) is 0 Å². The van der Waals surface area contributed by atoms with Gasteiger partial charge in [0.05, 0.1) is 0 Å². The first kappa shape index (κ1) is 15.5. The van der Waals surface area contributed by atoms with E-state index in [0.29, 0.717) is 12.1 Å². The number of fused-ring (bicyclic) bond motifs is 1. The van der Waals surface area contributed by atoms with Crippen LogP contribution >= 0.6 is 0 Å². The van der Waals surface area contributed by atoms with Crippen molar-refractivity contribution in [2.45, 2.75) is 33.4 Å². The topological polar surface area (TPSA) is 42.2 Å². The van der Waals surface area contributed by atoms with Crippen molar-refractivity contribution in [1.29, 1.82) is 0 Å². The summed E-state index contributed by atoms with van der Waals surface area (Å²) in [5.41, 5.74) is 4.88. The van der Waals surface area contributed by atoms with E-state index in [9.17, 15) is 4.79 Å². The van der Waals surface area contributed by atoms with Gasteiger partial charge in [-0.15, -0.1) is 0 Å². The third-order valence-corrected chi connectivity index (χ3v) is 4.34. The molecule has 0 fully saturated rings. The number of benzene rings is 2. The molecule has 2 aromatic carbocycles. The van der Waals surface area contributed by atoms with Crippen LogP contribution in [0.3, 0.4) is 0 Å². The lowest BCUT2D eigenvalue weighted by atomic mass is 10.0. The molecule has 0 unspecified atom stereocenters. The van der Waals surface area contributed by atoms with Crippen molar-refractivity contribution in [2.24, 2.45) is 0 Å². The van der Waals surface area contributed by atoms with Gasteiger partial charge in [-0.05, 0) is 55.2 Å². The molecule has 3 rings (SSSR count). The highest BCUT2D eigenvalue weighted by Gasteiger charge is 2.10. The molecule has 0 saturated heterocycles. The molecule has 0 radical (unpaired) electrons. The second-order valence-electron chi connectivity index (χ2n) is 6.04. The van der Waals surface area contributed by atoms with E-state index in [0.717, 1.165) is 16.5 Å². The molecule has 118 valence electrons. The van der Waals surface area contributed by atoms with E-state index in [1.807, 2.05) is 31.2 Å². The predicted octanol–water partition coefficient (Wildman–Crippen LogP) is 4.26. The maximum absolute atomic E-state index is 11.8. The molecule has 0 bridgehead atoms. The number of rotatable bonds is 4. The quantitative estimate of drug-likeness (QED) is 0.732. The Labute approximate surface area is 136 Å². The van der Waals surface area contributed by atoms with Gasteiger partial charge in [0.15, 0.2) is 0 Å². The minimum atomic E-state index is -0.301. The summed E-state index contributed by atoms with van der Waals surface area (Å²) in [4.78, 5) is 11.8. The number of nitrogens with one attached hydrogen (secondary N) is 1. The summed E-state index contributed by atoms with van der Waals surface area (Å²) in [7, 11) is 0. The maximum Gasteiger partial charge on any atom is 0.336 e. The minimum absolute atomic E-state index is 0.213. The maximum atomic E-state index is 11.8. The third kappa shape index (κ3) is 3.35. The van der Waals surface area contributed by atoms with Gasteiger partial charge in [0, 0.05) is 24.0 Å². The molecule has 0 aliphatic carbocycles. The predicted molar refractivity (Wildman–Crippen MR) is 93.7 cm³/mol. The van der Waals surface area contributed by atoms with Crippen LogP contribution in [-0.4, -0.2) is 0 Å². The highest BCUT2D eigenvalue weighted by molar-refractivity contribution is 5.81. The Balaban J connectivity index is 1.91. The largest absolute Gasteiger partial charge is 0.423 e. The van der Waals surface area contributed by atoms with Crippen molar-refractivity contribution >= 4 is 11.0 Å². The van der Waals surface area contributed by atoms with Crippen molar-refractivity contribution < 1.29 is 4.42 Å². The fourth-order valence-corrected chi connectivity index (χ4v) is 2.75. The fraction of sp³-hybridized carbons (Fsp3) is 0.250. The molecule has 1 N–H and O–H groups in total. The Morgan fingerprint density at radius 2 is 1.74 bits per heavy atom. The summed E-state index contributed by atoms with van der Waals surface area (Å²) in [6, 6.07) is 16.1. The van der Waals surface area contributed by atoms with Gasteiger partial charge in [0.25, 0.3) is 0 Å². The van der Waals surface area contributed by atoms with Gasteiger partial charge in [-0.3, -0.25) is 0 Å². The van der Waals surface area contributed by atoms with Crippen LogP contribution in [0, 0.1) is 13.8 Å². The van der Waals surface area contributed by atoms with E-state index >= 15 is 0 Å². The Kier molecular flexibility index (Phi) is 4.30. The van der Waals surface area contributed by atoms with Gasteiger partial charge in [0.1, 0.15) is 5.58 Å². The minimum Gasteiger partial charge on any atom is -0.423 e. The van der Waals surface area contributed by atoms with Crippen molar-refractivity contribution in [1.82, 2.24) is 5.32 Å². The van der Waals surface area contributed by atoms with Gasteiger partial charge in [-0.25, -0.2) is 4.79 Å². The van der Waals surface area contributed by atoms with Crippen molar-refractivity contribution in [3.8, 4) is 0 Å². The second kappa shape index (κ2) is 6.39. The van der Waals surface area contributed by atoms with Crippen LogP contribution in [-0.2, 0) is 6.54 Å². The molecule has 1 aromatic heterocycles. The van der Waals surface area contributed by atoms with Crippen LogP contribution in [0.4, 0.5) is 0 Å². The molecule has 0 amide bonds. The van der Waals surface area contributed by atoms with E-state index < -0.39 is 0 Å². The van der Waals surface area contributed by atoms with E-state index in [1.165, 1.54) is 11.1 Å². The first-order valence-corrected chi connectivity index (χ1v) is 7.87. The summed E-state index contributed by atoms with van der Waals surface area (Å²) in [6.07, 6.45) is 0. The average molecular weight is 307 g/mol. The summed E-state index contributed by atoms with van der Waals surface area (Å²) in [5, 5.41) is 4.49. The molecule has 3 nitrogen and oxygen atoms in total. The summed E-state index contributed by atoms with van der Waals surface area (Å²) in [5.74, 6) is 0. The lowest BCUT2D eigenvalue weighted by Gasteiger charge is -2.15. The second-order valence-corrected chi connectivity index (χ2v) is 6.04. The molecule has 0 spiro atoms. The standard InChI is InChI=1S/C20H21NO2/c1-13-9-18-17(11-20(22)23-19(18)10-14(13)2)12-21-15(3)16-7-5-4-6-8-16/h4-11,15,21H,12H2,1-3H3/t15-/m0/s1.